The van der Waals surface area contributed by atoms with Gasteiger partial charge in [-0.15, -0.1) is 0 Å². The molecular formula is C13H5ClF2N4O. The Morgan fingerprint density at radius 1 is 1.19 bits per heavy atom. The van der Waals surface area contributed by atoms with Gasteiger partial charge in [0.25, 0.3) is 5.56 Å². The predicted molar refractivity (Wildman–Crippen MR) is 71.3 cm³/mol. The second kappa shape index (κ2) is 5.23. The molecule has 3 N–H and O–H groups in total. The van der Waals surface area contributed by atoms with Gasteiger partial charge in [0.2, 0.25) is 0 Å². The van der Waals surface area contributed by atoms with E-state index in [9.17, 15) is 13.6 Å². The largest absolute Gasteiger partial charge is 0.384 e. The summed E-state index contributed by atoms with van der Waals surface area (Å²) in [4.78, 5) is 13.8. The molecule has 0 saturated carbocycles. The fourth-order valence-corrected chi connectivity index (χ4v) is 2.04. The molecule has 0 atom stereocenters. The fraction of sp³-hybridized carbons (Fsp3) is 0. The van der Waals surface area contributed by atoms with E-state index < -0.39 is 27.8 Å². The molecule has 2 rings (SSSR count). The highest BCUT2D eigenvalue weighted by Crippen LogP contribution is 2.32. The van der Waals surface area contributed by atoms with Gasteiger partial charge in [0.1, 0.15) is 29.1 Å². The third-order valence-electron chi connectivity index (χ3n) is 2.74. The average molecular weight is 307 g/mol. The molecule has 1 heterocycles. The standard InChI is InChI=1S/C13H5ClF2N4O/c14-8-1-5(2-9(15)11(8)16)10-6(3-17)12(19)20-13(21)7(10)4-18/h1-2H,(H3,19,20,21). The molecule has 104 valence electrons. The smallest absolute Gasteiger partial charge is 0.268 e. The first-order chi connectivity index (χ1) is 9.90. The summed E-state index contributed by atoms with van der Waals surface area (Å²) in [5.74, 6) is -2.82. The number of halogens is 3. The first-order valence-corrected chi connectivity index (χ1v) is 5.79. The number of anilines is 1. The maximum Gasteiger partial charge on any atom is 0.268 e. The Balaban J connectivity index is 2.97. The number of nitrogen functional groups attached to an aromatic ring is 1. The van der Waals surface area contributed by atoms with Gasteiger partial charge in [-0.2, -0.15) is 10.5 Å². The zero-order valence-electron chi connectivity index (χ0n) is 10.2. The van der Waals surface area contributed by atoms with Gasteiger partial charge in [-0.25, -0.2) is 8.78 Å². The minimum atomic E-state index is -1.27. The number of rotatable bonds is 1. The number of aromatic amines is 1. The molecule has 0 spiro atoms. The number of hydrogen-bond donors (Lipinski definition) is 2. The van der Waals surface area contributed by atoms with Crippen LogP contribution in [0.3, 0.4) is 0 Å². The predicted octanol–water partition coefficient (Wildman–Crippen LogP) is 2.30. The third kappa shape index (κ3) is 2.31. The summed E-state index contributed by atoms with van der Waals surface area (Å²) < 4.78 is 26.7. The Morgan fingerprint density at radius 3 is 2.33 bits per heavy atom. The lowest BCUT2D eigenvalue weighted by atomic mass is 9.96. The van der Waals surface area contributed by atoms with Crippen molar-refractivity contribution in [2.45, 2.75) is 0 Å². The Bertz CT molecular complexity index is 870. The molecule has 1 aromatic heterocycles. The molecular weight excluding hydrogens is 302 g/mol. The third-order valence-corrected chi connectivity index (χ3v) is 3.02. The van der Waals surface area contributed by atoms with Crippen LogP contribution in [0.2, 0.25) is 5.02 Å². The minimum Gasteiger partial charge on any atom is -0.384 e. The molecule has 0 saturated heterocycles. The first-order valence-electron chi connectivity index (χ1n) is 5.41. The summed E-state index contributed by atoms with van der Waals surface area (Å²) in [6.07, 6.45) is 0. The van der Waals surface area contributed by atoms with Crippen molar-refractivity contribution in [2.24, 2.45) is 0 Å². The molecule has 1 aromatic carbocycles. The van der Waals surface area contributed by atoms with E-state index in [-0.39, 0.29) is 22.5 Å². The first kappa shape index (κ1) is 14.5. The molecule has 5 nitrogen and oxygen atoms in total. The van der Waals surface area contributed by atoms with Crippen molar-refractivity contribution in [1.82, 2.24) is 4.98 Å². The van der Waals surface area contributed by atoms with Crippen molar-refractivity contribution in [3.05, 3.63) is 50.3 Å². The fourth-order valence-electron chi connectivity index (χ4n) is 1.83. The van der Waals surface area contributed by atoms with Crippen molar-refractivity contribution in [2.75, 3.05) is 5.73 Å². The van der Waals surface area contributed by atoms with Crippen molar-refractivity contribution in [3.8, 4) is 23.3 Å². The second-order valence-corrected chi connectivity index (χ2v) is 4.38. The molecule has 0 radical (unpaired) electrons. The number of aromatic nitrogens is 1. The van der Waals surface area contributed by atoms with Crippen molar-refractivity contribution in [1.29, 1.82) is 10.5 Å². The summed E-state index contributed by atoms with van der Waals surface area (Å²) >= 11 is 5.54. The topological polar surface area (TPSA) is 106 Å². The van der Waals surface area contributed by atoms with Gasteiger partial charge < -0.3 is 10.7 Å². The maximum atomic E-state index is 13.5. The number of hydrogen-bond acceptors (Lipinski definition) is 4. The number of nitriles is 2. The van der Waals surface area contributed by atoms with E-state index in [1.807, 2.05) is 0 Å². The molecule has 0 amide bonds. The number of nitrogens with two attached hydrogens (primary N) is 1. The van der Waals surface area contributed by atoms with Gasteiger partial charge in [0.15, 0.2) is 11.6 Å². The number of nitrogens with zero attached hydrogens (tertiary/aromatic N) is 2. The van der Waals surface area contributed by atoms with E-state index in [0.717, 1.165) is 12.1 Å². The zero-order chi connectivity index (χ0) is 15.7. The zero-order valence-corrected chi connectivity index (χ0v) is 10.9. The second-order valence-electron chi connectivity index (χ2n) is 3.97. The van der Waals surface area contributed by atoms with E-state index in [0.29, 0.717) is 0 Å². The van der Waals surface area contributed by atoms with Gasteiger partial charge >= 0.3 is 0 Å². The van der Waals surface area contributed by atoms with Crippen LogP contribution in [0.25, 0.3) is 11.1 Å². The van der Waals surface area contributed by atoms with E-state index in [2.05, 4.69) is 4.98 Å². The van der Waals surface area contributed by atoms with Crippen molar-refractivity contribution in [3.63, 3.8) is 0 Å². The number of benzene rings is 1. The lowest BCUT2D eigenvalue weighted by Gasteiger charge is -2.09. The van der Waals surface area contributed by atoms with E-state index >= 15 is 0 Å². The van der Waals surface area contributed by atoms with Gasteiger partial charge in [-0.05, 0) is 17.7 Å². The molecule has 8 heteroatoms. The normalized spacial score (nSPS) is 9.95. The lowest BCUT2D eigenvalue weighted by Crippen LogP contribution is -2.16. The van der Waals surface area contributed by atoms with Crippen LogP contribution in [0, 0.1) is 34.3 Å². The van der Waals surface area contributed by atoms with Gasteiger partial charge in [0.05, 0.1) is 5.02 Å². The van der Waals surface area contributed by atoms with Gasteiger partial charge in [-0.3, -0.25) is 4.79 Å². The van der Waals surface area contributed by atoms with E-state index in [1.54, 1.807) is 12.1 Å². The van der Waals surface area contributed by atoms with Crippen LogP contribution in [-0.2, 0) is 0 Å². The number of nitrogens with one attached hydrogen (secondary N) is 1. The maximum absolute atomic E-state index is 13.5. The Labute approximate surface area is 121 Å². The van der Waals surface area contributed by atoms with Crippen LogP contribution in [0.5, 0.6) is 0 Å². The Kier molecular flexibility index (Phi) is 3.62. The van der Waals surface area contributed by atoms with Crippen LogP contribution < -0.4 is 11.3 Å². The Hall–Kier alpha value is -2.90. The van der Waals surface area contributed by atoms with Crippen LogP contribution in [0.4, 0.5) is 14.6 Å². The highest BCUT2D eigenvalue weighted by molar-refractivity contribution is 6.31. The van der Waals surface area contributed by atoms with Gasteiger partial charge in [0, 0.05) is 5.56 Å². The minimum absolute atomic E-state index is 0.0928. The van der Waals surface area contributed by atoms with Crippen LogP contribution in [-0.4, -0.2) is 4.98 Å². The highest BCUT2D eigenvalue weighted by Gasteiger charge is 2.20. The summed E-state index contributed by atoms with van der Waals surface area (Å²) in [7, 11) is 0. The Morgan fingerprint density at radius 2 is 1.81 bits per heavy atom. The quantitative estimate of drug-likeness (QED) is 0.788. The lowest BCUT2D eigenvalue weighted by molar-refractivity contribution is 0.509. The molecule has 2 aromatic rings. The molecule has 0 unspecified atom stereocenters. The van der Waals surface area contributed by atoms with Crippen molar-refractivity contribution >= 4 is 17.4 Å². The molecule has 0 aliphatic heterocycles. The summed E-state index contributed by atoms with van der Waals surface area (Å²) in [5.41, 5.74) is 3.71. The van der Waals surface area contributed by atoms with Crippen LogP contribution in [0.1, 0.15) is 11.1 Å². The van der Waals surface area contributed by atoms with Crippen LogP contribution in [0.15, 0.2) is 16.9 Å². The molecule has 0 aliphatic carbocycles. The summed E-state index contributed by atoms with van der Waals surface area (Å²) in [6, 6.07) is 5.06. The SMILES string of the molecule is N#Cc1c(N)[nH]c(=O)c(C#N)c1-c1cc(F)c(F)c(Cl)c1. The summed E-state index contributed by atoms with van der Waals surface area (Å²) in [6.45, 7) is 0. The summed E-state index contributed by atoms with van der Waals surface area (Å²) in [5, 5.41) is 17.6. The van der Waals surface area contributed by atoms with E-state index in [1.165, 1.54) is 0 Å². The molecule has 0 bridgehead atoms. The average Bonchev–Trinajstić information content (AvgIpc) is 2.43. The van der Waals surface area contributed by atoms with Crippen LogP contribution >= 0.6 is 11.6 Å². The van der Waals surface area contributed by atoms with Crippen molar-refractivity contribution < 1.29 is 8.78 Å². The molecule has 21 heavy (non-hydrogen) atoms. The number of H-pyrrole nitrogens is 1. The number of pyridine rings is 1. The monoisotopic (exact) mass is 306 g/mol. The van der Waals surface area contributed by atoms with Gasteiger partial charge in [-0.1, -0.05) is 11.6 Å². The molecule has 0 aliphatic rings. The highest BCUT2D eigenvalue weighted by atomic mass is 35.5. The molecule has 0 fully saturated rings. The van der Waals surface area contributed by atoms with E-state index in [4.69, 9.17) is 27.9 Å².